The highest BCUT2D eigenvalue weighted by atomic mass is 28.3. The first-order valence-electron chi connectivity index (χ1n) is 17.1. The van der Waals surface area contributed by atoms with E-state index in [4.69, 9.17) is 15.9 Å². The zero-order valence-electron chi connectivity index (χ0n) is 29.1. The molecule has 0 heterocycles. The van der Waals surface area contributed by atoms with Crippen molar-refractivity contribution in [2.75, 3.05) is 13.2 Å². The quantitative estimate of drug-likeness (QED) is 0.101. The average molecular weight is 611 g/mol. The Balaban J connectivity index is 2.39. The van der Waals surface area contributed by atoms with Crippen molar-refractivity contribution >= 4 is 8.07 Å². The van der Waals surface area contributed by atoms with E-state index in [1.165, 1.54) is 38.5 Å². The first-order chi connectivity index (χ1) is 21.2. The summed E-state index contributed by atoms with van der Waals surface area (Å²) in [4.78, 5) is 0. The SMILES string of the molecule is C#Cc1cc(C#Cc2cc(C#C[Si](C(C)C)(C(C)C)C(C)C)cc(COCCCCCC)c2)cc(COCCCCCC)c1. The molecule has 44 heavy (non-hydrogen) atoms. The van der Waals surface area contributed by atoms with Gasteiger partial charge in [0, 0.05) is 35.5 Å². The molecule has 0 fully saturated rings. The van der Waals surface area contributed by atoms with E-state index in [1.807, 2.05) is 12.1 Å². The van der Waals surface area contributed by atoms with E-state index in [0.29, 0.717) is 29.8 Å². The Morgan fingerprint density at radius 3 is 1.39 bits per heavy atom. The molecule has 0 amide bonds. The summed E-state index contributed by atoms with van der Waals surface area (Å²) in [5, 5.41) is 0. The van der Waals surface area contributed by atoms with Crippen LogP contribution in [-0.4, -0.2) is 21.3 Å². The molecule has 0 aliphatic rings. The van der Waals surface area contributed by atoms with Crippen LogP contribution in [0.25, 0.3) is 0 Å². The summed E-state index contributed by atoms with van der Waals surface area (Å²) in [6.07, 6.45) is 15.4. The molecule has 0 aromatic heterocycles. The number of hydrogen-bond donors (Lipinski definition) is 0. The first kappa shape index (κ1) is 37.4. The summed E-state index contributed by atoms with van der Waals surface area (Å²) in [7, 11) is -1.86. The van der Waals surface area contributed by atoms with Crippen molar-refractivity contribution in [2.45, 2.75) is 137 Å². The molecule has 0 saturated heterocycles. The summed E-state index contributed by atoms with van der Waals surface area (Å²) < 4.78 is 12.0. The third kappa shape index (κ3) is 12.3. The standard InChI is InChI=1S/C41H58O2Si/c1-10-13-15-17-22-42-31-40-26-36(12-3)25-37(28-40)19-20-38-27-39(21-24-44(33(4)5,34(6)7)35(8)9)30-41(29-38)32-43-23-18-16-14-11-2/h3,25-30,33-35H,10-11,13-18,22-23,31-32H2,1-2,4-9H3. The number of ether oxygens (including phenoxy) is 2. The lowest BCUT2D eigenvalue weighted by Gasteiger charge is -2.38. The third-order valence-corrected chi connectivity index (χ3v) is 14.9. The van der Waals surface area contributed by atoms with Gasteiger partial charge in [0.15, 0.2) is 0 Å². The van der Waals surface area contributed by atoms with Crippen LogP contribution in [-0.2, 0) is 22.7 Å². The van der Waals surface area contributed by atoms with E-state index in [2.05, 4.69) is 109 Å². The highest BCUT2D eigenvalue weighted by Crippen LogP contribution is 2.40. The fourth-order valence-electron chi connectivity index (χ4n) is 6.25. The maximum absolute atomic E-state index is 6.09. The Hall–Kier alpha value is -2.74. The molecule has 2 rings (SSSR count). The minimum absolute atomic E-state index is 0.550. The van der Waals surface area contributed by atoms with Crippen molar-refractivity contribution in [1.29, 1.82) is 0 Å². The highest BCUT2D eigenvalue weighted by Gasteiger charge is 2.41. The van der Waals surface area contributed by atoms with Gasteiger partial charge in [-0.3, -0.25) is 0 Å². The second-order valence-electron chi connectivity index (χ2n) is 13.1. The largest absolute Gasteiger partial charge is 0.377 e. The van der Waals surface area contributed by atoms with Crippen molar-refractivity contribution in [1.82, 2.24) is 0 Å². The van der Waals surface area contributed by atoms with E-state index < -0.39 is 8.07 Å². The Morgan fingerprint density at radius 1 is 0.568 bits per heavy atom. The van der Waals surface area contributed by atoms with Gasteiger partial charge >= 0.3 is 0 Å². The van der Waals surface area contributed by atoms with Gasteiger partial charge in [0.1, 0.15) is 8.07 Å². The number of rotatable bonds is 17. The maximum atomic E-state index is 6.09. The van der Waals surface area contributed by atoms with Gasteiger partial charge in [-0.2, -0.15) is 0 Å². The summed E-state index contributed by atoms with van der Waals surface area (Å²) in [6.45, 7) is 21.3. The number of hydrogen-bond acceptors (Lipinski definition) is 2. The minimum Gasteiger partial charge on any atom is -0.377 e. The van der Waals surface area contributed by atoms with E-state index in [0.717, 1.165) is 59.4 Å². The maximum Gasteiger partial charge on any atom is 0.146 e. The molecule has 2 aromatic rings. The van der Waals surface area contributed by atoms with Crippen LogP contribution in [0.1, 0.15) is 140 Å². The van der Waals surface area contributed by atoms with Crippen LogP contribution in [0.4, 0.5) is 0 Å². The lowest BCUT2D eigenvalue weighted by Crippen LogP contribution is -2.43. The zero-order valence-corrected chi connectivity index (χ0v) is 30.1. The summed E-state index contributed by atoms with van der Waals surface area (Å²) in [5.74, 6) is 13.2. The van der Waals surface area contributed by atoms with E-state index in [-0.39, 0.29) is 0 Å². The fraction of sp³-hybridized carbons (Fsp3) is 0.561. The topological polar surface area (TPSA) is 18.5 Å². The Labute approximate surface area is 272 Å². The van der Waals surface area contributed by atoms with Crippen molar-refractivity contribution in [3.05, 3.63) is 69.8 Å². The molecule has 3 heteroatoms. The van der Waals surface area contributed by atoms with Gasteiger partial charge in [-0.15, -0.1) is 12.0 Å². The van der Waals surface area contributed by atoms with Crippen molar-refractivity contribution in [2.24, 2.45) is 0 Å². The van der Waals surface area contributed by atoms with Gasteiger partial charge in [0.25, 0.3) is 0 Å². The normalized spacial score (nSPS) is 11.3. The third-order valence-electron chi connectivity index (χ3n) is 8.61. The van der Waals surface area contributed by atoms with Crippen molar-refractivity contribution in [3.63, 3.8) is 0 Å². The molecule has 0 spiro atoms. The second-order valence-corrected chi connectivity index (χ2v) is 18.7. The molecule has 0 radical (unpaired) electrons. The number of benzene rings is 2. The number of terminal acetylenes is 1. The molecule has 0 unspecified atom stereocenters. The van der Waals surface area contributed by atoms with Crippen LogP contribution in [0.5, 0.6) is 0 Å². The predicted octanol–water partition coefficient (Wildman–Crippen LogP) is 10.8. The van der Waals surface area contributed by atoms with Crippen molar-refractivity contribution in [3.8, 4) is 35.6 Å². The monoisotopic (exact) mass is 610 g/mol. The Bertz CT molecular complexity index is 1280. The van der Waals surface area contributed by atoms with E-state index in [1.54, 1.807) is 0 Å². The van der Waals surface area contributed by atoms with Gasteiger partial charge in [-0.1, -0.05) is 118 Å². The lowest BCUT2D eigenvalue weighted by atomic mass is 10.0. The van der Waals surface area contributed by atoms with Crippen LogP contribution >= 0.6 is 0 Å². The number of unbranched alkanes of at least 4 members (excludes halogenated alkanes) is 6. The van der Waals surface area contributed by atoms with Gasteiger partial charge in [0.05, 0.1) is 13.2 Å². The smallest absolute Gasteiger partial charge is 0.146 e. The molecule has 0 aliphatic heterocycles. The van der Waals surface area contributed by atoms with E-state index in [9.17, 15) is 0 Å². The van der Waals surface area contributed by atoms with Gasteiger partial charge in [0.2, 0.25) is 0 Å². The molecule has 238 valence electrons. The minimum atomic E-state index is -1.86. The Morgan fingerprint density at radius 2 is 0.977 bits per heavy atom. The molecule has 0 aliphatic carbocycles. The van der Waals surface area contributed by atoms with Crippen LogP contribution in [0.3, 0.4) is 0 Å². The zero-order chi connectivity index (χ0) is 32.4. The second kappa shape index (κ2) is 20.3. The fourth-order valence-corrected chi connectivity index (χ4v) is 11.5. The summed E-state index contributed by atoms with van der Waals surface area (Å²) >= 11 is 0. The van der Waals surface area contributed by atoms with E-state index >= 15 is 0 Å². The molecule has 0 saturated carbocycles. The van der Waals surface area contributed by atoms with Crippen LogP contribution in [0, 0.1) is 35.6 Å². The predicted molar refractivity (Wildman–Crippen MR) is 192 cm³/mol. The van der Waals surface area contributed by atoms with Crippen LogP contribution in [0.15, 0.2) is 36.4 Å². The van der Waals surface area contributed by atoms with Crippen LogP contribution < -0.4 is 0 Å². The summed E-state index contributed by atoms with van der Waals surface area (Å²) in [5.41, 5.74) is 11.5. The molecule has 0 bridgehead atoms. The average Bonchev–Trinajstić information content (AvgIpc) is 2.99. The highest BCUT2D eigenvalue weighted by molar-refractivity contribution is 6.90. The van der Waals surface area contributed by atoms with Crippen molar-refractivity contribution < 1.29 is 9.47 Å². The molecule has 0 atom stereocenters. The first-order valence-corrected chi connectivity index (χ1v) is 19.3. The summed E-state index contributed by atoms with van der Waals surface area (Å²) in [6, 6.07) is 12.6. The molecule has 2 aromatic carbocycles. The molecular weight excluding hydrogens is 553 g/mol. The van der Waals surface area contributed by atoms with Gasteiger partial charge in [-0.05, 0) is 77.0 Å². The van der Waals surface area contributed by atoms with Gasteiger partial charge in [-0.25, -0.2) is 0 Å². The molecule has 0 N–H and O–H groups in total. The molecular formula is C41H58O2Si. The molecule has 2 nitrogen and oxygen atoms in total. The lowest BCUT2D eigenvalue weighted by molar-refractivity contribution is 0.116. The van der Waals surface area contributed by atoms with Crippen LogP contribution in [0.2, 0.25) is 16.6 Å². The van der Waals surface area contributed by atoms with Gasteiger partial charge < -0.3 is 9.47 Å². The Kier molecular flexibility index (Phi) is 17.3.